The Labute approximate surface area is 172 Å². The van der Waals surface area contributed by atoms with E-state index < -0.39 is 17.5 Å². The predicted molar refractivity (Wildman–Crippen MR) is 105 cm³/mol. The summed E-state index contributed by atoms with van der Waals surface area (Å²) in [6, 6.07) is 7.21. The lowest BCUT2D eigenvalue weighted by Crippen LogP contribution is -2.23. The second-order valence-corrected chi connectivity index (χ2v) is 7.38. The Morgan fingerprint density at radius 2 is 1.90 bits per heavy atom. The van der Waals surface area contributed by atoms with Gasteiger partial charge >= 0.3 is 0 Å². The molecule has 0 aliphatic heterocycles. The van der Waals surface area contributed by atoms with Crippen LogP contribution in [0.3, 0.4) is 0 Å². The highest BCUT2D eigenvalue weighted by Gasteiger charge is 2.15. The summed E-state index contributed by atoms with van der Waals surface area (Å²) >= 11 is 1.22. The molecule has 0 saturated carbocycles. The molecule has 0 aliphatic rings. The highest BCUT2D eigenvalue weighted by atomic mass is 32.2. The Bertz CT molecular complexity index is 1290. The SMILES string of the molecule is CCCn1c(SCc2nc(-c3ccc(F)c(F)c3)no2)nc2ccc(F)cc2c1=O. The maximum atomic E-state index is 13.5. The van der Waals surface area contributed by atoms with Crippen molar-refractivity contribution in [3.63, 3.8) is 0 Å². The number of hydrogen-bond acceptors (Lipinski definition) is 6. The number of aromatic nitrogens is 4. The molecule has 4 aromatic rings. The number of nitrogens with zero attached hydrogens (tertiary/aromatic N) is 4. The van der Waals surface area contributed by atoms with E-state index in [2.05, 4.69) is 15.1 Å². The standard InChI is InChI=1S/C20H15F3N4O2S/c1-2-7-27-19(28)13-9-12(21)4-6-16(13)24-20(27)30-10-17-25-18(26-29-17)11-3-5-14(22)15(23)8-11/h3-6,8-9H,2,7,10H2,1H3. The van der Waals surface area contributed by atoms with Crippen LogP contribution in [-0.2, 0) is 12.3 Å². The van der Waals surface area contributed by atoms with Crippen LogP contribution in [0.2, 0.25) is 0 Å². The van der Waals surface area contributed by atoms with Crippen molar-refractivity contribution >= 4 is 22.7 Å². The number of benzene rings is 2. The van der Waals surface area contributed by atoms with Gasteiger partial charge in [-0.3, -0.25) is 9.36 Å². The molecule has 2 aromatic carbocycles. The van der Waals surface area contributed by atoms with Gasteiger partial charge in [0.1, 0.15) is 5.82 Å². The Morgan fingerprint density at radius 1 is 1.07 bits per heavy atom. The molecule has 154 valence electrons. The van der Waals surface area contributed by atoms with Crippen LogP contribution >= 0.6 is 11.8 Å². The van der Waals surface area contributed by atoms with Crippen LogP contribution in [0.15, 0.2) is 50.9 Å². The molecular formula is C20H15F3N4O2S. The van der Waals surface area contributed by atoms with Gasteiger partial charge in [-0.25, -0.2) is 18.2 Å². The van der Waals surface area contributed by atoms with Crippen molar-refractivity contribution in [1.82, 2.24) is 19.7 Å². The zero-order chi connectivity index (χ0) is 21.3. The van der Waals surface area contributed by atoms with Gasteiger partial charge in [-0.2, -0.15) is 4.98 Å². The Balaban J connectivity index is 1.61. The predicted octanol–water partition coefficient (Wildman–Crippen LogP) is 4.57. The number of rotatable bonds is 6. The minimum absolute atomic E-state index is 0.123. The molecule has 0 saturated heterocycles. The van der Waals surface area contributed by atoms with E-state index in [-0.39, 0.29) is 34.0 Å². The lowest BCUT2D eigenvalue weighted by Gasteiger charge is -2.11. The van der Waals surface area contributed by atoms with Gasteiger partial charge in [0, 0.05) is 12.1 Å². The molecule has 0 atom stereocenters. The first-order chi connectivity index (χ1) is 14.5. The van der Waals surface area contributed by atoms with Gasteiger partial charge in [-0.1, -0.05) is 23.8 Å². The number of thioether (sulfide) groups is 1. The van der Waals surface area contributed by atoms with Crippen molar-refractivity contribution in [2.24, 2.45) is 0 Å². The molecule has 0 unspecified atom stereocenters. The van der Waals surface area contributed by atoms with Crippen molar-refractivity contribution in [3.05, 3.63) is 70.1 Å². The first kappa shape index (κ1) is 20.1. The first-order valence-electron chi connectivity index (χ1n) is 9.07. The molecule has 0 spiro atoms. The summed E-state index contributed by atoms with van der Waals surface area (Å²) in [5.74, 6) is -1.91. The van der Waals surface area contributed by atoms with Crippen LogP contribution in [0.25, 0.3) is 22.3 Å². The molecule has 0 amide bonds. The van der Waals surface area contributed by atoms with Crippen molar-refractivity contribution in [1.29, 1.82) is 0 Å². The van der Waals surface area contributed by atoms with E-state index in [1.807, 2.05) is 6.92 Å². The molecule has 6 nitrogen and oxygen atoms in total. The first-order valence-corrected chi connectivity index (χ1v) is 10.1. The summed E-state index contributed by atoms with van der Waals surface area (Å²) in [5.41, 5.74) is 0.351. The van der Waals surface area contributed by atoms with Crippen molar-refractivity contribution < 1.29 is 17.7 Å². The molecule has 0 bridgehead atoms. The lowest BCUT2D eigenvalue weighted by atomic mass is 10.2. The van der Waals surface area contributed by atoms with Crippen LogP contribution < -0.4 is 5.56 Å². The summed E-state index contributed by atoms with van der Waals surface area (Å²) in [7, 11) is 0. The molecule has 2 heterocycles. The van der Waals surface area contributed by atoms with Crippen LogP contribution in [0.1, 0.15) is 19.2 Å². The van der Waals surface area contributed by atoms with Crippen LogP contribution in [-0.4, -0.2) is 19.7 Å². The minimum atomic E-state index is -1.01. The number of fused-ring (bicyclic) bond motifs is 1. The summed E-state index contributed by atoms with van der Waals surface area (Å²) < 4.78 is 46.7. The topological polar surface area (TPSA) is 73.8 Å². The molecule has 10 heteroatoms. The van der Waals surface area contributed by atoms with Gasteiger partial charge < -0.3 is 4.52 Å². The third kappa shape index (κ3) is 3.95. The molecule has 0 aliphatic carbocycles. The second-order valence-electron chi connectivity index (χ2n) is 6.44. The van der Waals surface area contributed by atoms with Gasteiger partial charge in [0.05, 0.1) is 16.7 Å². The quantitative estimate of drug-likeness (QED) is 0.328. The van der Waals surface area contributed by atoms with E-state index in [9.17, 15) is 18.0 Å². The molecule has 4 rings (SSSR count). The lowest BCUT2D eigenvalue weighted by molar-refractivity contribution is 0.391. The van der Waals surface area contributed by atoms with Gasteiger partial charge in [0.2, 0.25) is 11.7 Å². The van der Waals surface area contributed by atoms with E-state index in [4.69, 9.17) is 4.52 Å². The van der Waals surface area contributed by atoms with E-state index >= 15 is 0 Å². The number of halogens is 3. The second kappa shape index (κ2) is 8.31. The monoisotopic (exact) mass is 432 g/mol. The molecule has 2 aromatic heterocycles. The largest absolute Gasteiger partial charge is 0.338 e. The van der Waals surface area contributed by atoms with Crippen molar-refractivity contribution in [3.8, 4) is 11.4 Å². The zero-order valence-corrected chi connectivity index (χ0v) is 16.5. The van der Waals surface area contributed by atoms with Gasteiger partial charge in [-0.15, -0.1) is 0 Å². The normalized spacial score (nSPS) is 11.3. The summed E-state index contributed by atoms with van der Waals surface area (Å²) in [5, 5.41) is 4.44. The van der Waals surface area contributed by atoms with Crippen molar-refractivity contribution in [2.45, 2.75) is 30.8 Å². The fourth-order valence-electron chi connectivity index (χ4n) is 2.90. The zero-order valence-electron chi connectivity index (χ0n) is 15.7. The molecule has 0 fully saturated rings. The highest BCUT2D eigenvalue weighted by molar-refractivity contribution is 7.98. The minimum Gasteiger partial charge on any atom is -0.338 e. The average molecular weight is 432 g/mol. The van der Waals surface area contributed by atoms with E-state index in [1.54, 1.807) is 0 Å². The van der Waals surface area contributed by atoms with E-state index in [0.29, 0.717) is 23.6 Å². The Kier molecular flexibility index (Phi) is 5.58. The Morgan fingerprint density at radius 3 is 2.67 bits per heavy atom. The molecule has 0 radical (unpaired) electrons. The molecule has 30 heavy (non-hydrogen) atoms. The average Bonchev–Trinajstić information content (AvgIpc) is 3.20. The van der Waals surface area contributed by atoms with Crippen LogP contribution in [0.5, 0.6) is 0 Å². The third-order valence-corrected chi connectivity index (χ3v) is 5.26. The summed E-state index contributed by atoms with van der Waals surface area (Å²) in [6.45, 7) is 2.34. The Hall–Kier alpha value is -3.14. The third-order valence-electron chi connectivity index (χ3n) is 4.30. The maximum Gasteiger partial charge on any atom is 0.262 e. The number of hydrogen-bond donors (Lipinski definition) is 0. The van der Waals surface area contributed by atoms with Gasteiger partial charge in [0.25, 0.3) is 5.56 Å². The molecule has 0 N–H and O–H groups in total. The smallest absolute Gasteiger partial charge is 0.262 e. The van der Waals surface area contributed by atoms with Crippen molar-refractivity contribution in [2.75, 3.05) is 0 Å². The summed E-state index contributed by atoms with van der Waals surface area (Å²) in [6.07, 6.45) is 0.691. The van der Waals surface area contributed by atoms with Crippen LogP contribution in [0, 0.1) is 17.5 Å². The fourth-order valence-corrected chi connectivity index (χ4v) is 3.76. The van der Waals surface area contributed by atoms with Gasteiger partial charge in [-0.05, 0) is 42.8 Å². The van der Waals surface area contributed by atoms with E-state index in [1.165, 1.54) is 40.6 Å². The van der Waals surface area contributed by atoms with Gasteiger partial charge in [0.15, 0.2) is 16.8 Å². The molecular weight excluding hydrogens is 417 g/mol. The summed E-state index contributed by atoms with van der Waals surface area (Å²) in [4.78, 5) is 21.4. The van der Waals surface area contributed by atoms with E-state index in [0.717, 1.165) is 12.1 Å². The fraction of sp³-hybridized carbons (Fsp3) is 0.200. The maximum absolute atomic E-state index is 13.5. The van der Waals surface area contributed by atoms with Crippen LogP contribution in [0.4, 0.5) is 13.2 Å². The highest BCUT2D eigenvalue weighted by Crippen LogP contribution is 2.24.